The third-order valence-electron chi connectivity index (χ3n) is 1.70. The lowest BCUT2D eigenvalue weighted by atomic mass is 10.0. The molecule has 1 nitrogen and oxygen atoms in total. The molecule has 2 heteroatoms. The van der Waals surface area contributed by atoms with Gasteiger partial charge in [-0.3, -0.25) is 0 Å². The van der Waals surface area contributed by atoms with Gasteiger partial charge in [0.1, 0.15) is 0 Å². The van der Waals surface area contributed by atoms with Gasteiger partial charge in [-0.2, -0.15) is 0 Å². The molecule has 0 radical (unpaired) electrons. The van der Waals surface area contributed by atoms with Crippen LogP contribution in [0.15, 0.2) is 25.3 Å². The average molecular weight is 184 g/mol. The van der Waals surface area contributed by atoms with E-state index in [9.17, 15) is 0 Å². The molecular weight excluding hydrogens is 164 g/mol. The fraction of sp³-hybridized carbons (Fsp3) is 0.600. The van der Waals surface area contributed by atoms with E-state index in [1.165, 1.54) is 6.04 Å². The van der Waals surface area contributed by atoms with Crippen LogP contribution >= 0.6 is 0 Å². The molecule has 0 aliphatic heterocycles. The van der Waals surface area contributed by atoms with Gasteiger partial charge >= 0.3 is 0 Å². The van der Waals surface area contributed by atoms with Crippen LogP contribution in [0.2, 0.25) is 6.04 Å². The molecule has 0 saturated carbocycles. The molecule has 12 heavy (non-hydrogen) atoms. The van der Waals surface area contributed by atoms with Crippen molar-refractivity contribution in [3.05, 3.63) is 25.3 Å². The summed E-state index contributed by atoms with van der Waals surface area (Å²) in [7, 11) is -0.224. The lowest BCUT2D eigenvalue weighted by Gasteiger charge is -2.12. The smallest absolute Gasteiger partial charge is 0.161 e. The normalized spacial score (nSPS) is 11.2. The van der Waals surface area contributed by atoms with Crippen molar-refractivity contribution in [2.24, 2.45) is 5.92 Å². The maximum Gasteiger partial charge on any atom is 0.161 e. The van der Waals surface area contributed by atoms with Crippen molar-refractivity contribution in [1.29, 1.82) is 0 Å². The Kier molecular flexibility index (Phi) is 8.50. The summed E-state index contributed by atoms with van der Waals surface area (Å²) in [5, 5.41) is 0. The zero-order valence-electron chi connectivity index (χ0n) is 8.09. The third kappa shape index (κ3) is 6.37. The van der Waals surface area contributed by atoms with Gasteiger partial charge < -0.3 is 4.43 Å². The molecule has 0 amide bonds. The standard InChI is InChI=1S/C10H20OSi/c1-4-7-10(8-5-2)9-11-12-6-3/h4-5,10H,1-2,6-9,12H2,3H3. The van der Waals surface area contributed by atoms with Crippen LogP contribution in [0.5, 0.6) is 0 Å². The molecule has 0 aromatic rings. The van der Waals surface area contributed by atoms with E-state index in [0.717, 1.165) is 19.4 Å². The van der Waals surface area contributed by atoms with Crippen LogP contribution in [0.25, 0.3) is 0 Å². The van der Waals surface area contributed by atoms with Gasteiger partial charge in [0.2, 0.25) is 0 Å². The highest BCUT2D eigenvalue weighted by Crippen LogP contribution is 2.09. The van der Waals surface area contributed by atoms with Gasteiger partial charge in [0.05, 0.1) is 0 Å². The zero-order chi connectivity index (χ0) is 9.23. The highest BCUT2D eigenvalue weighted by atomic mass is 28.2. The van der Waals surface area contributed by atoms with Crippen LogP contribution in [0.4, 0.5) is 0 Å². The molecule has 0 aromatic heterocycles. The molecule has 0 fully saturated rings. The van der Waals surface area contributed by atoms with E-state index in [4.69, 9.17) is 4.43 Å². The summed E-state index contributed by atoms with van der Waals surface area (Å²) in [5.74, 6) is 0.610. The first-order valence-corrected chi connectivity index (χ1v) is 6.22. The van der Waals surface area contributed by atoms with Crippen LogP contribution in [0.3, 0.4) is 0 Å². The van der Waals surface area contributed by atoms with Gasteiger partial charge in [0.15, 0.2) is 9.76 Å². The molecule has 0 saturated heterocycles. The summed E-state index contributed by atoms with van der Waals surface area (Å²) in [5.41, 5.74) is 0. The molecule has 0 spiro atoms. The quantitative estimate of drug-likeness (QED) is 0.319. The van der Waals surface area contributed by atoms with Gasteiger partial charge in [-0.05, 0) is 24.8 Å². The topological polar surface area (TPSA) is 9.23 Å². The van der Waals surface area contributed by atoms with E-state index in [1.54, 1.807) is 0 Å². The number of hydrogen-bond donors (Lipinski definition) is 0. The second-order valence-electron chi connectivity index (χ2n) is 2.99. The number of hydrogen-bond acceptors (Lipinski definition) is 1. The van der Waals surface area contributed by atoms with Crippen LogP contribution in [0, 0.1) is 5.92 Å². The maximum absolute atomic E-state index is 5.59. The highest BCUT2D eigenvalue weighted by Gasteiger charge is 2.03. The summed E-state index contributed by atoms with van der Waals surface area (Å²) in [6.45, 7) is 10.5. The molecule has 0 rings (SSSR count). The predicted molar refractivity (Wildman–Crippen MR) is 58.1 cm³/mol. The Balaban J connectivity index is 3.47. The van der Waals surface area contributed by atoms with Crippen LogP contribution in [0.1, 0.15) is 19.8 Å². The minimum absolute atomic E-state index is 0.224. The Morgan fingerprint density at radius 1 is 1.33 bits per heavy atom. The van der Waals surface area contributed by atoms with Crippen molar-refractivity contribution in [2.45, 2.75) is 25.8 Å². The van der Waals surface area contributed by atoms with Crippen LogP contribution < -0.4 is 0 Å². The Hall–Kier alpha value is -0.343. The summed E-state index contributed by atoms with van der Waals surface area (Å²) >= 11 is 0. The van der Waals surface area contributed by atoms with E-state index in [-0.39, 0.29) is 9.76 Å². The van der Waals surface area contributed by atoms with E-state index >= 15 is 0 Å². The van der Waals surface area contributed by atoms with Gasteiger partial charge in [-0.1, -0.05) is 19.1 Å². The monoisotopic (exact) mass is 184 g/mol. The number of allylic oxidation sites excluding steroid dienone is 2. The fourth-order valence-electron chi connectivity index (χ4n) is 1.10. The summed E-state index contributed by atoms with van der Waals surface area (Å²) < 4.78 is 5.59. The van der Waals surface area contributed by atoms with Crippen molar-refractivity contribution in [3.63, 3.8) is 0 Å². The van der Waals surface area contributed by atoms with E-state index < -0.39 is 0 Å². The molecule has 0 aromatic carbocycles. The van der Waals surface area contributed by atoms with E-state index in [2.05, 4.69) is 20.1 Å². The van der Waals surface area contributed by atoms with Crippen molar-refractivity contribution in [1.82, 2.24) is 0 Å². The average Bonchev–Trinajstić information content (AvgIpc) is 2.06. The second kappa shape index (κ2) is 8.75. The molecule has 0 heterocycles. The molecule has 0 atom stereocenters. The lowest BCUT2D eigenvalue weighted by Crippen LogP contribution is -2.10. The Morgan fingerprint density at radius 3 is 2.33 bits per heavy atom. The minimum Gasteiger partial charge on any atom is -0.424 e. The lowest BCUT2D eigenvalue weighted by molar-refractivity contribution is 0.262. The minimum atomic E-state index is -0.224. The highest BCUT2D eigenvalue weighted by molar-refractivity contribution is 6.26. The summed E-state index contributed by atoms with van der Waals surface area (Å²) in [6, 6.07) is 1.23. The molecular formula is C10H20OSi. The van der Waals surface area contributed by atoms with Crippen LogP contribution in [-0.4, -0.2) is 16.4 Å². The van der Waals surface area contributed by atoms with Gasteiger partial charge in [0, 0.05) is 6.61 Å². The fourth-order valence-corrected chi connectivity index (χ4v) is 1.89. The van der Waals surface area contributed by atoms with E-state index in [0.29, 0.717) is 5.92 Å². The van der Waals surface area contributed by atoms with Crippen molar-refractivity contribution >= 4 is 9.76 Å². The second-order valence-corrected chi connectivity index (χ2v) is 4.81. The van der Waals surface area contributed by atoms with Crippen molar-refractivity contribution in [2.75, 3.05) is 6.61 Å². The third-order valence-corrected chi connectivity index (χ3v) is 2.63. The van der Waals surface area contributed by atoms with Crippen molar-refractivity contribution < 1.29 is 4.43 Å². The van der Waals surface area contributed by atoms with Gasteiger partial charge in [-0.15, -0.1) is 13.2 Å². The molecule has 0 aliphatic carbocycles. The Bertz CT molecular complexity index is 113. The van der Waals surface area contributed by atoms with Crippen LogP contribution in [-0.2, 0) is 4.43 Å². The first-order chi connectivity index (χ1) is 5.85. The van der Waals surface area contributed by atoms with E-state index in [1.807, 2.05) is 12.2 Å². The first-order valence-electron chi connectivity index (χ1n) is 4.64. The Labute approximate surface area is 78.5 Å². The molecule has 0 unspecified atom stereocenters. The Morgan fingerprint density at radius 2 is 1.92 bits per heavy atom. The van der Waals surface area contributed by atoms with Crippen molar-refractivity contribution in [3.8, 4) is 0 Å². The maximum atomic E-state index is 5.59. The molecule has 0 N–H and O–H groups in total. The first kappa shape index (κ1) is 11.7. The molecule has 0 bridgehead atoms. The van der Waals surface area contributed by atoms with Gasteiger partial charge in [-0.25, -0.2) is 0 Å². The molecule has 70 valence electrons. The SMILES string of the molecule is C=CCC(CC=C)CO[SiH2]CC. The number of rotatable bonds is 8. The largest absolute Gasteiger partial charge is 0.424 e. The summed E-state index contributed by atoms with van der Waals surface area (Å²) in [6.07, 6.45) is 6.02. The zero-order valence-corrected chi connectivity index (χ0v) is 9.50. The summed E-state index contributed by atoms with van der Waals surface area (Å²) in [4.78, 5) is 0. The molecule has 0 aliphatic rings. The van der Waals surface area contributed by atoms with Gasteiger partial charge in [0.25, 0.3) is 0 Å². The predicted octanol–water partition coefficient (Wildman–Crippen LogP) is 2.29.